The molecular weight excluding hydrogens is 260 g/mol. The molecule has 0 aromatic rings. The number of likely N-dealkylation sites (tertiary alicyclic amines) is 1. The zero-order chi connectivity index (χ0) is 14.9. The topological polar surface area (TPSA) is 70.1 Å². The van der Waals surface area contributed by atoms with E-state index in [4.69, 9.17) is 4.74 Å². The van der Waals surface area contributed by atoms with Crippen molar-refractivity contribution in [2.24, 2.45) is 5.41 Å². The third kappa shape index (κ3) is 3.06. The highest BCUT2D eigenvalue weighted by Crippen LogP contribution is 2.30. The Labute approximate surface area is 119 Å². The summed E-state index contributed by atoms with van der Waals surface area (Å²) in [6.45, 7) is 7.70. The summed E-state index contributed by atoms with van der Waals surface area (Å²) in [4.78, 5) is 27.4. The normalized spacial score (nSPS) is 35.0. The van der Waals surface area contributed by atoms with Crippen LogP contribution in [0.15, 0.2) is 0 Å². The number of carbonyl (C=O) groups is 2. The van der Waals surface area contributed by atoms with Gasteiger partial charge in [0, 0.05) is 26.2 Å². The van der Waals surface area contributed by atoms with Gasteiger partial charge in [-0.15, -0.1) is 0 Å². The van der Waals surface area contributed by atoms with Gasteiger partial charge in [-0.2, -0.15) is 0 Å². The van der Waals surface area contributed by atoms with Crippen molar-refractivity contribution in [3.63, 3.8) is 0 Å². The molecule has 2 aliphatic rings. The fourth-order valence-corrected chi connectivity index (χ4v) is 3.11. The van der Waals surface area contributed by atoms with Gasteiger partial charge in [-0.25, -0.2) is 4.79 Å². The molecule has 3 unspecified atom stereocenters. The number of aliphatic carboxylic acids is 1. The molecule has 2 amide bonds. The molecule has 0 aliphatic carbocycles. The van der Waals surface area contributed by atoms with Crippen molar-refractivity contribution in [3.05, 3.63) is 0 Å². The highest BCUT2D eigenvalue weighted by atomic mass is 16.5. The Morgan fingerprint density at radius 1 is 1.20 bits per heavy atom. The first kappa shape index (κ1) is 15.1. The molecule has 0 radical (unpaired) electrons. The van der Waals surface area contributed by atoms with Crippen LogP contribution in [-0.2, 0) is 9.53 Å². The van der Waals surface area contributed by atoms with Gasteiger partial charge in [0.1, 0.15) is 0 Å². The standard InChI is InChI=1S/C14H24N2O4/c1-10-7-16(8-11(2)20-10)13(19)15-6-4-5-14(3,9-15)12(17)18/h10-11H,4-9H2,1-3H3,(H,17,18). The number of carbonyl (C=O) groups excluding carboxylic acids is 1. The summed E-state index contributed by atoms with van der Waals surface area (Å²) >= 11 is 0. The number of carboxylic acid groups (broad SMARTS) is 1. The van der Waals surface area contributed by atoms with E-state index in [-0.39, 0.29) is 18.2 Å². The molecule has 2 saturated heterocycles. The van der Waals surface area contributed by atoms with Crippen LogP contribution in [0.5, 0.6) is 0 Å². The molecule has 0 spiro atoms. The average Bonchev–Trinajstić information content (AvgIpc) is 2.36. The molecular formula is C14H24N2O4. The molecule has 20 heavy (non-hydrogen) atoms. The van der Waals surface area contributed by atoms with Crippen molar-refractivity contribution in [2.75, 3.05) is 26.2 Å². The summed E-state index contributed by atoms with van der Waals surface area (Å²) in [5.74, 6) is -0.821. The molecule has 2 rings (SSSR count). The van der Waals surface area contributed by atoms with Crippen molar-refractivity contribution in [1.29, 1.82) is 0 Å². The van der Waals surface area contributed by atoms with Crippen molar-refractivity contribution in [1.82, 2.24) is 9.80 Å². The van der Waals surface area contributed by atoms with E-state index >= 15 is 0 Å². The molecule has 0 saturated carbocycles. The van der Waals surface area contributed by atoms with E-state index in [1.54, 1.807) is 16.7 Å². The second kappa shape index (κ2) is 5.60. The number of ether oxygens (including phenoxy) is 1. The minimum absolute atomic E-state index is 0.0262. The van der Waals surface area contributed by atoms with Gasteiger partial charge < -0.3 is 19.6 Å². The van der Waals surface area contributed by atoms with Crippen LogP contribution in [-0.4, -0.2) is 65.3 Å². The lowest BCUT2D eigenvalue weighted by Gasteiger charge is -2.42. The number of nitrogens with zero attached hydrogens (tertiary/aromatic N) is 2. The number of amides is 2. The summed E-state index contributed by atoms with van der Waals surface area (Å²) < 4.78 is 5.63. The number of rotatable bonds is 1. The Bertz CT molecular complexity index is 391. The summed E-state index contributed by atoms with van der Waals surface area (Å²) in [7, 11) is 0. The summed E-state index contributed by atoms with van der Waals surface area (Å²) in [5.41, 5.74) is -0.822. The molecule has 1 N–H and O–H groups in total. The molecule has 6 nitrogen and oxygen atoms in total. The Morgan fingerprint density at radius 3 is 2.35 bits per heavy atom. The van der Waals surface area contributed by atoms with Crippen molar-refractivity contribution in [3.8, 4) is 0 Å². The Kier molecular flexibility index (Phi) is 4.22. The van der Waals surface area contributed by atoms with Crippen molar-refractivity contribution in [2.45, 2.75) is 45.8 Å². The minimum atomic E-state index is -0.822. The van der Waals surface area contributed by atoms with Gasteiger partial charge >= 0.3 is 12.0 Å². The number of carboxylic acids is 1. The number of morpholine rings is 1. The lowest BCUT2D eigenvalue weighted by Crippen LogP contribution is -2.56. The lowest BCUT2D eigenvalue weighted by atomic mass is 9.82. The number of hydrogen-bond acceptors (Lipinski definition) is 3. The molecule has 0 aromatic carbocycles. The van der Waals surface area contributed by atoms with E-state index in [2.05, 4.69) is 0 Å². The van der Waals surface area contributed by atoms with Crippen LogP contribution in [0.4, 0.5) is 4.79 Å². The predicted molar refractivity (Wildman–Crippen MR) is 73.5 cm³/mol. The van der Waals surface area contributed by atoms with E-state index in [0.717, 1.165) is 6.42 Å². The van der Waals surface area contributed by atoms with Crippen LogP contribution in [0.25, 0.3) is 0 Å². The number of urea groups is 1. The third-order valence-electron chi connectivity index (χ3n) is 4.17. The Balaban J connectivity index is 2.03. The molecule has 2 heterocycles. The second-order valence-electron chi connectivity index (χ2n) is 6.34. The first-order valence-electron chi connectivity index (χ1n) is 7.24. The number of piperidine rings is 1. The molecule has 2 fully saturated rings. The predicted octanol–water partition coefficient (Wildman–Crippen LogP) is 1.40. The van der Waals surface area contributed by atoms with Gasteiger partial charge in [-0.05, 0) is 33.6 Å². The van der Waals surface area contributed by atoms with E-state index in [0.29, 0.717) is 32.6 Å². The second-order valence-corrected chi connectivity index (χ2v) is 6.34. The fourth-order valence-electron chi connectivity index (χ4n) is 3.11. The van der Waals surface area contributed by atoms with E-state index in [1.807, 2.05) is 13.8 Å². The first-order chi connectivity index (χ1) is 9.32. The van der Waals surface area contributed by atoms with E-state index in [1.165, 1.54) is 0 Å². The van der Waals surface area contributed by atoms with E-state index in [9.17, 15) is 14.7 Å². The maximum atomic E-state index is 12.6. The van der Waals surface area contributed by atoms with Crippen molar-refractivity contribution < 1.29 is 19.4 Å². The maximum Gasteiger partial charge on any atom is 0.320 e. The monoisotopic (exact) mass is 284 g/mol. The zero-order valence-electron chi connectivity index (χ0n) is 12.5. The van der Waals surface area contributed by atoms with E-state index < -0.39 is 11.4 Å². The van der Waals surface area contributed by atoms with Gasteiger partial charge in [0.15, 0.2) is 0 Å². The van der Waals surface area contributed by atoms with Crippen LogP contribution in [0.1, 0.15) is 33.6 Å². The van der Waals surface area contributed by atoms with Gasteiger partial charge in [0.05, 0.1) is 17.6 Å². The maximum absolute atomic E-state index is 12.6. The van der Waals surface area contributed by atoms with Crippen LogP contribution >= 0.6 is 0 Å². The molecule has 6 heteroatoms. The molecule has 114 valence electrons. The third-order valence-corrected chi connectivity index (χ3v) is 4.17. The largest absolute Gasteiger partial charge is 0.481 e. The molecule has 3 atom stereocenters. The smallest absolute Gasteiger partial charge is 0.320 e. The zero-order valence-corrected chi connectivity index (χ0v) is 12.5. The first-order valence-corrected chi connectivity index (χ1v) is 7.24. The Morgan fingerprint density at radius 2 is 1.80 bits per heavy atom. The van der Waals surface area contributed by atoms with Crippen LogP contribution in [0.3, 0.4) is 0 Å². The number of hydrogen-bond donors (Lipinski definition) is 1. The van der Waals surface area contributed by atoms with Crippen LogP contribution < -0.4 is 0 Å². The summed E-state index contributed by atoms with van der Waals surface area (Å²) in [6.07, 6.45) is 1.42. The van der Waals surface area contributed by atoms with Gasteiger partial charge in [0.25, 0.3) is 0 Å². The van der Waals surface area contributed by atoms with Crippen LogP contribution in [0, 0.1) is 5.41 Å². The minimum Gasteiger partial charge on any atom is -0.481 e. The average molecular weight is 284 g/mol. The molecule has 0 bridgehead atoms. The highest BCUT2D eigenvalue weighted by molar-refractivity contribution is 5.78. The molecule has 0 aromatic heterocycles. The van der Waals surface area contributed by atoms with Gasteiger partial charge in [0.2, 0.25) is 0 Å². The SMILES string of the molecule is CC1CN(C(=O)N2CCCC(C)(C(=O)O)C2)CC(C)O1. The quantitative estimate of drug-likeness (QED) is 0.790. The lowest BCUT2D eigenvalue weighted by molar-refractivity contribution is -0.150. The highest BCUT2D eigenvalue weighted by Gasteiger charge is 2.41. The Hall–Kier alpha value is -1.30. The fraction of sp³-hybridized carbons (Fsp3) is 0.857. The summed E-state index contributed by atoms with van der Waals surface area (Å²) in [5, 5.41) is 9.32. The van der Waals surface area contributed by atoms with Crippen molar-refractivity contribution >= 4 is 12.0 Å². The molecule has 2 aliphatic heterocycles. The van der Waals surface area contributed by atoms with Crippen LogP contribution in [0.2, 0.25) is 0 Å². The van der Waals surface area contributed by atoms with Gasteiger partial charge in [-0.1, -0.05) is 0 Å². The summed E-state index contributed by atoms with van der Waals surface area (Å²) in [6, 6.07) is -0.0563. The van der Waals surface area contributed by atoms with Gasteiger partial charge in [-0.3, -0.25) is 4.79 Å².